The number of hydrogen-bond donors (Lipinski definition) is 1. The highest BCUT2D eigenvalue weighted by Gasteiger charge is 2.32. The van der Waals surface area contributed by atoms with Gasteiger partial charge in [-0.3, -0.25) is 4.79 Å². The van der Waals surface area contributed by atoms with Gasteiger partial charge in [0.1, 0.15) is 0 Å². The van der Waals surface area contributed by atoms with Crippen LogP contribution in [0, 0.1) is 10.6 Å². The van der Waals surface area contributed by atoms with Crippen LogP contribution in [0.3, 0.4) is 0 Å². The third kappa shape index (κ3) is 2.63. The van der Waals surface area contributed by atoms with Gasteiger partial charge in [-0.2, -0.15) is 0 Å². The largest absolute Gasteiger partial charge is 0.573 e. The molecule has 0 unspecified atom stereocenters. The smallest absolute Gasteiger partial charge is 0.400 e. The van der Waals surface area contributed by atoms with Crippen molar-refractivity contribution in [1.29, 1.82) is 0 Å². The van der Waals surface area contributed by atoms with Gasteiger partial charge in [-0.1, -0.05) is 0 Å². The van der Waals surface area contributed by atoms with E-state index in [1.807, 2.05) is 22.6 Å². The molecule has 0 spiro atoms. The van der Waals surface area contributed by atoms with Crippen molar-refractivity contribution in [2.24, 2.45) is 0 Å². The predicted molar refractivity (Wildman–Crippen MR) is 51.2 cm³/mol. The van der Waals surface area contributed by atoms with E-state index in [0.717, 1.165) is 6.20 Å². The van der Waals surface area contributed by atoms with Crippen molar-refractivity contribution in [1.82, 2.24) is 4.98 Å². The number of ether oxygens (including phenoxy) is 1. The molecule has 1 rings (SSSR count). The molecular formula is C7H5F3INO2. The lowest BCUT2D eigenvalue weighted by atomic mass is 10.3. The second-order valence-corrected chi connectivity index (χ2v) is 3.55. The summed E-state index contributed by atoms with van der Waals surface area (Å²) < 4.78 is 39.3. The average Bonchev–Trinajstić information content (AvgIpc) is 2.04. The normalized spacial score (nSPS) is 11.5. The highest BCUT2D eigenvalue weighted by molar-refractivity contribution is 14.1. The van der Waals surface area contributed by atoms with E-state index in [4.69, 9.17) is 0 Å². The molecule has 0 bridgehead atoms. The molecule has 14 heavy (non-hydrogen) atoms. The van der Waals surface area contributed by atoms with Gasteiger partial charge < -0.3 is 9.72 Å². The molecule has 0 atom stereocenters. The molecule has 0 aromatic carbocycles. The van der Waals surface area contributed by atoms with E-state index >= 15 is 0 Å². The molecular weight excluding hydrogens is 314 g/mol. The van der Waals surface area contributed by atoms with Gasteiger partial charge in [0, 0.05) is 11.8 Å². The molecule has 1 N–H and O–H groups in total. The first kappa shape index (κ1) is 11.3. The topological polar surface area (TPSA) is 42.1 Å². The van der Waals surface area contributed by atoms with Crippen LogP contribution in [0.2, 0.25) is 0 Å². The van der Waals surface area contributed by atoms with E-state index in [9.17, 15) is 18.0 Å². The fraction of sp³-hybridized carbons (Fsp3) is 0.286. The summed E-state index contributed by atoms with van der Waals surface area (Å²) >= 11 is 1.81. The number of pyridine rings is 1. The fourth-order valence-corrected chi connectivity index (χ4v) is 1.19. The van der Waals surface area contributed by atoms with Crippen LogP contribution in [0.4, 0.5) is 13.2 Å². The summed E-state index contributed by atoms with van der Waals surface area (Å²) in [4.78, 5) is 13.7. The number of alkyl halides is 3. The summed E-state index contributed by atoms with van der Waals surface area (Å²) in [7, 11) is 0. The minimum absolute atomic E-state index is 0.201. The van der Waals surface area contributed by atoms with E-state index in [0.29, 0.717) is 3.70 Å². The molecule has 1 aromatic heterocycles. The van der Waals surface area contributed by atoms with Gasteiger partial charge in [0.2, 0.25) is 5.43 Å². The van der Waals surface area contributed by atoms with Crippen molar-refractivity contribution in [3.05, 3.63) is 25.7 Å². The molecule has 0 aliphatic carbocycles. The first-order valence-corrected chi connectivity index (χ1v) is 4.52. The molecule has 78 valence electrons. The maximum atomic E-state index is 11.8. The van der Waals surface area contributed by atoms with Crippen LogP contribution in [0.15, 0.2) is 11.0 Å². The SMILES string of the molecule is Cc1c(I)[nH]cc(OC(F)(F)F)c1=O. The second-order valence-electron chi connectivity index (χ2n) is 2.47. The molecule has 7 heteroatoms. The lowest BCUT2D eigenvalue weighted by Crippen LogP contribution is -2.23. The minimum atomic E-state index is -4.84. The maximum Gasteiger partial charge on any atom is 0.573 e. The zero-order chi connectivity index (χ0) is 10.9. The molecule has 0 amide bonds. The van der Waals surface area contributed by atoms with Crippen molar-refractivity contribution < 1.29 is 17.9 Å². The molecule has 0 fully saturated rings. The zero-order valence-electron chi connectivity index (χ0n) is 6.91. The van der Waals surface area contributed by atoms with Gasteiger partial charge in [-0.05, 0) is 29.5 Å². The summed E-state index contributed by atoms with van der Waals surface area (Å²) in [5.41, 5.74) is -0.558. The Morgan fingerprint density at radius 1 is 1.50 bits per heavy atom. The van der Waals surface area contributed by atoms with Gasteiger partial charge in [0.15, 0.2) is 5.75 Å². The fourth-order valence-electron chi connectivity index (χ4n) is 0.788. The van der Waals surface area contributed by atoms with Crippen LogP contribution in [-0.2, 0) is 0 Å². The Hall–Kier alpha value is -0.730. The van der Waals surface area contributed by atoms with Gasteiger partial charge in [-0.25, -0.2) is 0 Å². The Morgan fingerprint density at radius 3 is 2.57 bits per heavy atom. The molecule has 1 aromatic rings. The van der Waals surface area contributed by atoms with Crippen molar-refractivity contribution in [2.45, 2.75) is 13.3 Å². The molecule has 0 saturated heterocycles. The van der Waals surface area contributed by atoms with Gasteiger partial charge in [-0.15, -0.1) is 13.2 Å². The zero-order valence-corrected chi connectivity index (χ0v) is 9.06. The number of aromatic amines is 1. The van der Waals surface area contributed by atoms with E-state index in [1.54, 1.807) is 0 Å². The highest BCUT2D eigenvalue weighted by atomic mass is 127. The van der Waals surface area contributed by atoms with E-state index in [1.165, 1.54) is 6.92 Å². The van der Waals surface area contributed by atoms with E-state index < -0.39 is 17.5 Å². The van der Waals surface area contributed by atoms with Crippen LogP contribution >= 0.6 is 22.6 Å². The summed E-state index contributed by atoms with van der Waals surface area (Å²) in [6, 6.07) is 0. The van der Waals surface area contributed by atoms with Crippen molar-refractivity contribution in [3.63, 3.8) is 0 Å². The van der Waals surface area contributed by atoms with E-state index in [-0.39, 0.29) is 5.56 Å². The van der Waals surface area contributed by atoms with Crippen LogP contribution < -0.4 is 10.2 Å². The number of aromatic nitrogens is 1. The van der Waals surface area contributed by atoms with Crippen LogP contribution in [0.1, 0.15) is 5.56 Å². The first-order chi connectivity index (χ1) is 6.31. The minimum Gasteiger partial charge on any atom is -0.400 e. The van der Waals surface area contributed by atoms with Gasteiger partial charge in [0.25, 0.3) is 0 Å². The highest BCUT2D eigenvalue weighted by Crippen LogP contribution is 2.19. The summed E-state index contributed by atoms with van der Waals surface area (Å²) in [5, 5.41) is 0. The monoisotopic (exact) mass is 319 g/mol. The quantitative estimate of drug-likeness (QED) is 0.637. The van der Waals surface area contributed by atoms with Crippen LogP contribution in [0.5, 0.6) is 5.75 Å². The maximum absolute atomic E-state index is 11.8. The third-order valence-corrected chi connectivity index (χ3v) is 2.57. The Morgan fingerprint density at radius 2 is 2.07 bits per heavy atom. The van der Waals surface area contributed by atoms with Gasteiger partial charge in [0.05, 0.1) is 3.70 Å². The Balaban J connectivity index is 3.13. The average molecular weight is 319 g/mol. The number of halogens is 4. The van der Waals surface area contributed by atoms with Crippen LogP contribution in [-0.4, -0.2) is 11.3 Å². The number of H-pyrrole nitrogens is 1. The Kier molecular flexibility index (Phi) is 3.07. The molecule has 1 heterocycles. The molecule has 0 aliphatic rings. The first-order valence-electron chi connectivity index (χ1n) is 3.45. The molecule has 0 aliphatic heterocycles. The number of rotatable bonds is 1. The second kappa shape index (κ2) is 3.79. The third-order valence-electron chi connectivity index (χ3n) is 1.45. The van der Waals surface area contributed by atoms with Crippen molar-refractivity contribution in [2.75, 3.05) is 0 Å². The number of hydrogen-bond acceptors (Lipinski definition) is 2. The standard InChI is InChI=1S/C7H5F3INO2/c1-3-5(13)4(2-12-6(3)11)14-7(8,9)10/h2H,1H3,(H,12,13). The Labute approximate surface area is 90.4 Å². The van der Waals surface area contributed by atoms with Gasteiger partial charge >= 0.3 is 6.36 Å². The lowest BCUT2D eigenvalue weighted by molar-refractivity contribution is -0.275. The molecule has 0 radical (unpaired) electrons. The number of nitrogens with one attached hydrogen (secondary N) is 1. The lowest BCUT2D eigenvalue weighted by Gasteiger charge is -2.08. The van der Waals surface area contributed by atoms with Crippen molar-refractivity contribution in [3.8, 4) is 5.75 Å². The predicted octanol–water partition coefficient (Wildman–Crippen LogP) is 2.19. The van der Waals surface area contributed by atoms with Crippen LogP contribution in [0.25, 0.3) is 0 Å². The van der Waals surface area contributed by atoms with Crippen molar-refractivity contribution >= 4 is 22.6 Å². The summed E-state index contributed by atoms with van der Waals surface area (Å²) in [6.07, 6.45) is -3.95. The molecule has 3 nitrogen and oxygen atoms in total. The summed E-state index contributed by atoms with van der Waals surface area (Å²) in [6.45, 7) is 1.42. The summed E-state index contributed by atoms with van der Waals surface area (Å²) in [5.74, 6) is -0.740. The molecule has 0 saturated carbocycles. The van der Waals surface area contributed by atoms with E-state index in [2.05, 4.69) is 9.72 Å². The Bertz CT molecular complexity index is 399.